The van der Waals surface area contributed by atoms with Gasteiger partial charge in [0.25, 0.3) is 0 Å². The van der Waals surface area contributed by atoms with Crippen molar-refractivity contribution in [1.82, 2.24) is 10.0 Å². The maximum Gasteiger partial charge on any atom is 0.211 e. The Labute approximate surface area is 133 Å². The predicted molar refractivity (Wildman–Crippen MR) is 84.4 cm³/mol. The molecule has 1 unspecified atom stereocenters. The minimum Gasteiger partial charge on any atom is -0.384 e. The second-order valence-electron chi connectivity index (χ2n) is 6.02. The minimum atomic E-state index is -3.23. The second-order valence-corrected chi connectivity index (χ2v) is 7.87. The van der Waals surface area contributed by atoms with E-state index in [4.69, 9.17) is 9.47 Å². The van der Waals surface area contributed by atoms with Crippen LogP contribution in [-0.4, -0.2) is 60.7 Å². The van der Waals surface area contributed by atoms with Gasteiger partial charge in [0.1, 0.15) is 0 Å². The van der Waals surface area contributed by atoms with Crippen molar-refractivity contribution < 1.29 is 17.9 Å². The van der Waals surface area contributed by atoms with Gasteiger partial charge < -0.3 is 14.8 Å². The number of methoxy groups -OCH3 is 1. The molecule has 0 bridgehead atoms. The summed E-state index contributed by atoms with van der Waals surface area (Å²) in [6.07, 6.45) is 2.72. The number of rotatable bonds is 7. The number of ether oxygens (including phenoxy) is 2. The van der Waals surface area contributed by atoms with Gasteiger partial charge in [-0.2, -0.15) is 0 Å². The van der Waals surface area contributed by atoms with E-state index in [2.05, 4.69) is 10.0 Å². The van der Waals surface area contributed by atoms with Gasteiger partial charge in [-0.15, -0.1) is 12.4 Å². The summed E-state index contributed by atoms with van der Waals surface area (Å²) in [4.78, 5) is 0. The fourth-order valence-corrected chi connectivity index (χ4v) is 4.51. The summed E-state index contributed by atoms with van der Waals surface area (Å²) >= 11 is 0. The summed E-state index contributed by atoms with van der Waals surface area (Å²) in [6, 6.07) is 0. The molecule has 2 fully saturated rings. The van der Waals surface area contributed by atoms with Gasteiger partial charge >= 0.3 is 0 Å². The molecular weight excluding hydrogens is 316 g/mol. The molecule has 1 atom stereocenters. The van der Waals surface area contributed by atoms with Gasteiger partial charge in [0.15, 0.2) is 0 Å². The van der Waals surface area contributed by atoms with Crippen molar-refractivity contribution in [2.75, 3.05) is 52.3 Å². The van der Waals surface area contributed by atoms with Crippen LogP contribution in [0.5, 0.6) is 0 Å². The molecule has 2 aliphatic rings. The van der Waals surface area contributed by atoms with Crippen LogP contribution < -0.4 is 10.0 Å². The maximum absolute atomic E-state index is 12.2. The largest absolute Gasteiger partial charge is 0.384 e. The Bertz CT molecular complexity index is 387. The Morgan fingerprint density at radius 1 is 1.38 bits per heavy atom. The molecule has 21 heavy (non-hydrogen) atoms. The Morgan fingerprint density at radius 2 is 2.10 bits per heavy atom. The molecule has 126 valence electrons. The van der Waals surface area contributed by atoms with Gasteiger partial charge in [-0.3, -0.25) is 0 Å². The lowest BCUT2D eigenvalue weighted by Crippen LogP contribution is -2.47. The van der Waals surface area contributed by atoms with Gasteiger partial charge in [-0.05, 0) is 38.3 Å². The van der Waals surface area contributed by atoms with Crippen molar-refractivity contribution in [2.24, 2.45) is 11.3 Å². The monoisotopic (exact) mass is 342 g/mol. The zero-order chi connectivity index (χ0) is 14.5. The van der Waals surface area contributed by atoms with Crippen LogP contribution in [0.4, 0.5) is 0 Å². The van der Waals surface area contributed by atoms with E-state index in [9.17, 15) is 8.42 Å². The van der Waals surface area contributed by atoms with Crippen LogP contribution in [-0.2, 0) is 19.5 Å². The van der Waals surface area contributed by atoms with E-state index in [0.29, 0.717) is 26.4 Å². The van der Waals surface area contributed by atoms with Crippen molar-refractivity contribution >= 4 is 22.4 Å². The van der Waals surface area contributed by atoms with Crippen LogP contribution in [0.1, 0.15) is 19.3 Å². The Morgan fingerprint density at radius 3 is 2.67 bits per heavy atom. The molecule has 2 N–H and O–H groups in total. The first-order chi connectivity index (χ1) is 9.55. The highest BCUT2D eigenvalue weighted by atomic mass is 35.5. The summed E-state index contributed by atoms with van der Waals surface area (Å²) in [7, 11) is -1.55. The highest BCUT2D eigenvalue weighted by Crippen LogP contribution is 2.28. The number of halogens is 1. The lowest BCUT2D eigenvalue weighted by atomic mass is 9.80. The highest BCUT2D eigenvalue weighted by molar-refractivity contribution is 7.89. The molecule has 2 rings (SSSR count). The quantitative estimate of drug-likeness (QED) is 0.699. The first-order valence-corrected chi connectivity index (χ1v) is 8.95. The Kier molecular flexibility index (Phi) is 7.87. The van der Waals surface area contributed by atoms with Crippen LogP contribution in [0.15, 0.2) is 0 Å². The smallest absolute Gasteiger partial charge is 0.211 e. The van der Waals surface area contributed by atoms with Crippen LogP contribution in [0.25, 0.3) is 0 Å². The fraction of sp³-hybridized carbons (Fsp3) is 1.00. The number of hydrogen-bond donors (Lipinski definition) is 2. The van der Waals surface area contributed by atoms with Crippen molar-refractivity contribution in [3.05, 3.63) is 0 Å². The highest BCUT2D eigenvalue weighted by Gasteiger charge is 2.34. The molecule has 2 saturated heterocycles. The number of hydrogen-bond acceptors (Lipinski definition) is 5. The minimum absolute atomic E-state index is 0. The first kappa shape index (κ1) is 19.1. The first-order valence-electron chi connectivity index (χ1n) is 7.30. The predicted octanol–water partition coefficient (Wildman–Crippen LogP) is 0.380. The van der Waals surface area contributed by atoms with Crippen LogP contribution in [0.3, 0.4) is 0 Å². The molecule has 0 aliphatic carbocycles. The van der Waals surface area contributed by atoms with E-state index in [0.717, 1.165) is 32.4 Å². The molecule has 2 heterocycles. The summed E-state index contributed by atoms with van der Waals surface area (Å²) in [5, 5.41) is 3.30. The van der Waals surface area contributed by atoms with E-state index in [1.165, 1.54) is 0 Å². The van der Waals surface area contributed by atoms with E-state index < -0.39 is 10.0 Å². The van der Waals surface area contributed by atoms with Gasteiger partial charge in [0.05, 0.1) is 19.0 Å². The normalized spacial score (nSPS) is 25.5. The number of nitrogens with one attached hydrogen (secondary N) is 2. The van der Waals surface area contributed by atoms with E-state index in [1.54, 1.807) is 7.11 Å². The third-order valence-electron chi connectivity index (χ3n) is 4.26. The topological polar surface area (TPSA) is 76.7 Å². The van der Waals surface area contributed by atoms with Gasteiger partial charge in [-0.25, -0.2) is 13.1 Å². The SMILES string of the molecule is COCC1(CNS(=O)(=O)CC2CCOC2)CCNCC1.Cl. The van der Waals surface area contributed by atoms with Gasteiger partial charge in [0.2, 0.25) is 10.0 Å². The molecule has 6 nitrogen and oxygen atoms in total. The summed E-state index contributed by atoms with van der Waals surface area (Å²) < 4.78 is 37.6. The van der Waals surface area contributed by atoms with Crippen molar-refractivity contribution in [3.63, 3.8) is 0 Å². The molecule has 0 aromatic carbocycles. The van der Waals surface area contributed by atoms with Crippen molar-refractivity contribution in [2.45, 2.75) is 19.3 Å². The Balaban J connectivity index is 0.00000220. The standard InChI is InChI=1S/C13H26N2O4S.ClH/c1-18-11-13(3-5-14-6-4-13)10-15-20(16,17)9-12-2-7-19-8-12;/h12,14-15H,2-11H2,1H3;1H. The molecule has 8 heteroatoms. The average molecular weight is 343 g/mol. The fourth-order valence-electron chi connectivity index (χ4n) is 2.98. The van der Waals surface area contributed by atoms with Crippen molar-refractivity contribution in [1.29, 1.82) is 0 Å². The number of piperidine rings is 1. The average Bonchev–Trinajstić information content (AvgIpc) is 2.90. The molecule has 0 aromatic rings. The lowest BCUT2D eigenvalue weighted by molar-refractivity contribution is 0.0577. The van der Waals surface area contributed by atoms with Crippen LogP contribution in [0, 0.1) is 11.3 Å². The third kappa shape index (κ3) is 6.00. The molecule has 0 amide bonds. The summed E-state index contributed by atoms with van der Waals surface area (Å²) in [6.45, 7) is 4.15. The van der Waals surface area contributed by atoms with Crippen molar-refractivity contribution in [3.8, 4) is 0 Å². The zero-order valence-electron chi connectivity index (χ0n) is 12.6. The molecule has 2 aliphatic heterocycles. The molecule has 0 radical (unpaired) electrons. The van der Waals surface area contributed by atoms with E-state index >= 15 is 0 Å². The van der Waals surface area contributed by atoms with Gasteiger partial charge in [-0.1, -0.05) is 0 Å². The van der Waals surface area contributed by atoms with Gasteiger partial charge in [0, 0.05) is 25.7 Å². The summed E-state index contributed by atoms with van der Waals surface area (Å²) in [5.74, 6) is 0.313. The number of sulfonamides is 1. The molecule has 0 saturated carbocycles. The summed E-state index contributed by atoms with van der Waals surface area (Å²) in [5.41, 5.74) is -0.0702. The van der Waals surface area contributed by atoms with Crippen LogP contribution in [0.2, 0.25) is 0 Å². The Hall–Kier alpha value is 0.0800. The molecule has 0 spiro atoms. The van der Waals surface area contributed by atoms with E-state index in [1.807, 2.05) is 0 Å². The molecular formula is C13H27ClN2O4S. The van der Waals surface area contributed by atoms with Crippen LogP contribution >= 0.6 is 12.4 Å². The van der Waals surface area contributed by atoms with E-state index in [-0.39, 0.29) is 29.5 Å². The second kappa shape index (κ2) is 8.64. The molecule has 0 aromatic heterocycles. The maximum atomic E-state index is 12.2. The lowest BCUT2D eigenvalue weighted by Gasteiger charge is -2.37. The zero-order valence-corrected chi connectivity index (χ0v) is 14.2. The third-order valence-corrected chi connectivity index (χ3v) is 5.76.